The molecule has 2 N–H and O–H groups in total. The van der Waals surface area contributed by atoms with Crippen LogP contribution in [0, 0.1) is 4.77 Å². The van der Waals surface area contributed by atoms with Crippen molar-refractivity contribution in [2.75, 3.05) is 27.5 Å². The Kier molecular flexibility index (Phi) is 3.92. The molecule has 0 amide bonds. The first kappa shape index (κ1) is 16.9. The van der Waals surface area contributed by atoms with Gasteiger partial charge in [-0.2, -0.15) is 0 Å². The molecule has 2 aromatic rings. The smallest absolute Gasteiger partial charge is 0.260 e. The fourth-order valence-corrected chi connectivity index (χ4v) is 3.85. The van der Waals surface area contributed by atoms with E-state index in [0.717, 1.165) is 17.5 Å². The van der Waals surface area contributed by atoms with Crippen LogP contribution in [0.15, 0.2) is 10.9 Å². The maximum absolute atomic E-state index is 12.7. The van der Waals surface area contributed by atoms with Crippen molar-refractivity contribution in [2.24, 2.45) is 7.05 Å². The van der Waals surface area contributed by atoms with Gasteiger partial charge in [0.05, 0.1) is 18.7 Å². The molecule has 138 valence electrons. The highest BCUT2D eigenvalue weighted by molar-refractivity contribution is 7.71. The number of nitrogens with zero attached hydrogens (tertiary/aromatic N) is 2. The Bertz CT molecular complexity index is 1010. The summed E-state index contributed by atoms with van der Waals surface area (Å²) in [5.41, 5.74) is 1.60. The van der Waals surface area contributed by atoms with Crippen LogP contribution in [-0.2, 0) is 13.5 Å². The second-order valence-corrected chi connectivity index (χ2v) is 6.79. The van der Waals surface area contributed by atoms with E-state index in [2.05, 4.69) is 4.98 Å². The largest absolute Gasteiger partial charge is 0.494 e. The summed E-state index contributed by atoms with van der Waals surface area (Å²) in [6, 6.07) is 1.42. The summed E-state index contributed by atoms with van der Waals surface area (Å²) in [6.07, 6.45) is 0.763. The van der Waals surface area contributed by atoms with Gasteiger partial charge in [-0.25, -0.2) is 0 Å². The van der Waals surface area contributed by atoms with Gasteiger partial charge in [0.2, 0.25) is 18.4 Å². The third kappa shape index (κ3) is 2.31. The van der Waals surface area contributed by atoms with Crippen molar-refractivity contribution >= 4 is 12.2 Å². The molecule has 9 heteroatoms. The molecular formula is C17H19N3O5S. The van der Waals surface area contributed by atoms with E-state index in [1.165, 1.54) is 4.57 Å². The molecule has 1 atom stereocenters. The number of likely N-dealkylation sites (N-methyl/N-ethyl adjacent to an activating group) is 1. The molecule has 0 saturated carbocycles. The number of hydrogen-bond donors (Lipinski definition) is 2. The number of aromatic hydroxyl groups is 1. The van der Waals surface area contributed by atoms with Crippen LogP contribution in [0.25, 0.3) is 0 Å². The highest BCUT2D eigenvalue weighted by Crippen LogP contribution is 2.51. The molecule has 0 bridgehead atoms. The molecule has 1 aromatic heterocycles. The van der Waals surface area contributed by atoms with Gasteiger partial charge in [-0.1, -0.05) is 0 Å². The monoisotopic (exact) mass is 377 g/mol. The molecule has 3 heterocycles. The van der Waals surface area contributed by atoms with Gasteiger partial charge in [0.1, 0.15) is 0 Å². The SMILES string of the molecule is COc1c2c(cc3c1C(c1c(O)n(C)c(=S)[nH]c1=O)N(C)CC3)OCO2. The molecule has 2 aliphatic rings. The Morgan fingerprint density at radius 2 is 2.12 bits per heavy atom. The van der Waals surface area contributed by atoms with Crippen molar-refractivity contribution in [2.45, 2.75) is 12.5 Å². The Hall–Kier alpha value is -2.52. The highest BCUT2D eigenvalue weighted by Gasteiger charge is 2.37. The Balaban J connectivity index is 2.03. The van der Waals surface area contributed by atoms with Gasteiger partial charge in [0.25, 0.3) is 5.56 Å². The zero-order valence-electron chi connectivity index (χ0n) is 14.7. The Morgan fingerprint density at radius 3 is 2.85 bits per heavy atom. The van der Waals surface area contributed by atoms with Crippen LogP contribution in [0.1, 0.15) is 22.7 Å². The van der Waals surface area contributed by atoms with Crippen LogP contribution in [0.2, 0.25) is 0 Å². The molecule has 0 fully saturated rings. The van der Waals surface area contributed by atoms with Crippen LogP contribution < -0.4 is 19.8 Å². The molecule has 26 heavy (non-hydrogen) atoms. The number of nitrogens with one attached hydrogen (secondary N) is 1. The summed E-state index contributed by atoms with van der Waals surface area (Å²) >= 11 is 5.08. The summed E-state index contributed by atoms with van der Waals surface area (Å²) < 4.78 is 18.3. The number of hydrogen-bond acceptors (Lipinski definition) is 7. The van der Waals surface area contributed by atoms with E-state index in [1.807, 2.05) is 18.0 Å². The molecule has 0 saturated heterocycles. The zero-order chi connectivity index (χ0) is 18.6. The summed E-state index contributed by atoms with van der Waals surface area (Å²) in [5, 5.41) is 10.7. The minimum Gasteiger partial charge on any atom is -0.494 e. The van der Waals surface area contributed by atoms with Crippen molar-refractivity contribution < 1.29 is 19.3 Å². The number of methoxy groups -OCH3 is 1. The van der Waals surface area contributed by atoms with Crippen molar-refractivity contribution in [3.05, 3.63) is 37.9 Å². The fourth-order valence-electron chi connectivity index (χ4n) is 3.67. The number of H-pyrrole nitrogens is 1. The third-order valence-corrected chi connectivity index (χ3v) is 5.37. The molecule has 0 radical (unpaired) electrons. The minimum absolute atomic E-state index is 0.126. The predicted octanol–water partition coefficient (Wildman–Crippen LogP) is 1.46. The molecule has 4 rings (SSSR count). The van der Waals surface area contributed by atoms with Crippen molar-refractivity contribution in [1.82, 2.24) is 14.5 Å². The maximum atomic E-state index is 12.7. The summed E-state index contributed by atoms with van der Waals surface area (Å²) in [6.45, 7) is 0.833. The lowest BCUT2D eigenvalue weighted by Gasteiger charge is -2.35. The number of rotatable bonds is 2. The lowest BCUT2D eigenvalue weighted by atomic mass is 9.87. The van der Waals surface area contributed by atoms with Crippen LogP contribution in [-0.4, -0.2) is 47.1 Å². The van der Waals surface area contributed by atoms with Crippen LogP contribution in [0.3, 0.4) is 0 Å². The zero-order valence-corrected chi connectivity index (χ0v) is 15.5. The summed E-state index contributed by atoms with van der Waals surface area (Å²) in [4.78, 5) is 17.3. The number of aromatic amines is 1. The molecule has 8 nitrogen and oxygen atoms in total. The van der Waals surface area contributed by atoms with E-state index in [9.17, 15) is 9.90 Å². The lowest BCUT2D eigenvalue weighted by Crippen LogP contribution is -2.37. The van der Waals surface area contributed by atoms with Gasteiger partial charge in [0, 0.05) is 19.2 Å². The van der Waals surface area contributed by atoms with Crippen molar-refractivity contribution in [3.63, 3.8) is 0 Å². The van der Waals surface area contributed by atoms with Crippen molar-refractivity contribution in [3.8, 4) is 23.1 Å². The van der Waals surface area contributed by atoms with Crippen LogP contribution in [0.4, 0.5) is 0 Å². The number of benzene rings is 1. The molecule has 2 aliphatic heterocycles. The number of ether oxygens (including phenoxy) is 3. The van der Waals surface area contributed by atoms with E-state index in [-0.39, 0.29) is 23.0 Å². The van der Waals surface area contributed by atoms with E-state index >= 15 is 0 Å². The molecule has 0 spiro atoms. The van der Waals surface area contributed by atoms with Crippen LogP contribution >= 0.6 is 12.2 Å². The second kappa shape index (κ2) is 6.03. The molecule has 1 aromatic carbocycles. The predicted molar refractivity (Wildman–Crippen MR) is 95.8 cm³/mol. The normalized spacial score (nSPS) is 18.7. The van der Waals surface area contributed by atoms with Gasteiger partial charge in [-0.05, 0) is 37.3 Å². The third-order valence-electron chi connectivity index (χ3n) is 5.00. The first-order valence-electron chi connectivity index (χ1n) is 8.15. The fraction of sp³-hybridized carbons (Fsp3) is 0.412. The second-order valence-electron chi connectivity index (χ2n) is 6.41. The minimum atomic E-state index is -0.506. The molecular weight excluding hydrogens is 358 g/mol. The van der Waals surface area contributed by atoms with Gasteiger partial charge in [-0.3, -0.25) is 19.2 Å². The first-order chi connectivity index (χ1) is 12.4. The van der Waals surface area contributed by atoms with Crippen molar-refractivity contribution in [1.29, 1.82) is 0 Å². The Morgan fingerprint density at radius 1 is 1.35 bits per heavy atom. The average Bonchev–Trinajstić information content (AvgIpc) is 3.08. The summed E-state index contributed by atoms with van der Waals surface area (Å²) in [5.74, 6) is 1.51. The van der Waals surface area contributed by atoms with E-state index < -0.39 is 11.6 Å². The average molecular weight is 377 g/mol. The van der Waals surface area contributed by atoms with E-state index in [1.54, 1.807) is 14.2 Å². The quantitative estimate of drug-likeness (QED) is 0.766. The molecule has 1 unspecified atom stereocenters. The maximum Gasteiger partial charge on any atom is 0.260 e. The number of aromatic nitrogens is 2. The molecule has 0 aliphatic carbocycles. The lowest BCUT2D eigenvalue weighted by molar-refractivity contribution is 0.170. The van der Waals surface area contributed by atoms with E-state index in [0.29, 0.717) is 23.8 Å². The Labute approximate surface area is 154 Å². The van der Waals surface area contributed by atoms with Gasteiger partial charge < -0.3 is 19.3 Å². The van der Waals surface area contributed by atoms with Crippen LogP contribution in [0.5, 0.6) is 23.1 Å². The topological polar surface area (TPSA) is 89.0 Å². The van der Waals surface area contributed by atoms with E-state index in [4.69, 9.17) is 26.4 Å². The standard InChI is InChI=1S/C17H19N3O5S/c1-19-5-4-8-6-9-13(25-7-24-9)14(23-3)10(8)12(19)11-15(21)18-17(26)20(2)16(11)22/h6,12,22H,4-5,7H2,1-3H3,(H,18,21,26). The van der Waals surface area contributed by atoms with Gasteiger partial charge in [0.15, 0.2) is 16.3 Å². The number of fused-ring (bicyclic) bond motifs is 2. The first-order valence-corrected chi connectivity index (χ1v) is 8.56. The highest BCUT2D eigenvalue weighted by atomic mass is 32.1. The van der Waals surface area contributed by atoms with Gasteiger partial charge in [-0.15, -0.1) is 0 Å². The summed E-state index contributed by atoms with van der Waals surface area (Å²) in [7, 11) is 5.06. The van der Waals surface area contributed by atoms with Gasteiger partial charge >= 0.3 is 0 Å².